The summed E-state index contributed by atoms with van der Waals surface area (Å²) in [5.74, 6) is -0.274. The highest BCUT2D eigenvalue weighted by Gasteiger charge is 2.43. The number of amides is 2. The number of anilines is 1. The second-order valence-electron chi connectivity index (χ2n) is 6.86. The minimum atomic E-state index is -0.289. The SMILES string of the molecule is COCc1nnc(N2CC(C(=O)N3CC(N4CCOCC4)C3)CC2=O)s1. The minimum absolute atomic E-state index is 0.0614. The summed E-state index contributed by atoms with van der Waals surface area (Å²) in [4.78, 5) is 30.9. The number of methoxy groups -OCH3 is 1. The molecule has 3 saturated heterocycles. The lowest BCUT2D eigenvalue weighted by Crippen LogP contribution is -2.63. The maximum Gasteiger partial charge on any atom is 0.229 e. The van der Waals surface area contributed by atoms with Gasteiger partial charge in [-0.2, -0.15) is 0 Å². The first-order chi connectivity index (χ1) is 12.7. The number of aromatic nitrogens is 2. The fraction of sp³-hybridized carbons (Fsp3) is 0.750. The van der Waals surface area contributed by atoms with E-state index in [9.17, 15) is 9.59 Å². The molecule has 0 N–H and O–H groups in total. The molecule has 2 amide bonds. The van der Waals surface area contributed by atoms with Crippen LogP contribution in [0.5, 0.6) is 0 Å². The van der Waals surface area contributed by atoms with Gasteiger partial charge in [0.1, 0.15) is 11.6 Å². The molecule has 1 aromatic heterocycles. The molecule has 3 aliphatic rings. The molecule has 1 aromatic rings. The molecule has 0 spiro atoms. The Hall–Kier alpha value is -1.62. The molecule has 142 valence electrons. The van der Waals surface area contributed by atoms with Crippen LogP contribution in [0.2, 0.25) is 0 Å². The lowest BCUT2D eigenvalue weighted by Gasteiger charge is -2.47. The van der Waals surface area contributed by atoms with Crippen LogP contribution in [-0.2, 0) is 25.7 Å². The zero-order valence-electron chi connectivity index (χ0n) is 14.8. The number of carbonyl (C=O) groups excluding carboxylic acids is 2. The highest BCUT2D eigenvalue weighted by Crippen LogP contribution is 2.30. The van der Waals surface area contributed by atoms with Crippen molar-refractivity contribution in [1.29, 1.82) is 0 Å². The number of ether oxygens (including phenoxy) is 2. The van der Waals surface area contributed by atoms with Gasteiger partial charge < -0.3 is 14.4 Å². The van der Waals surface area contributed by atoms with E-state index in [1.165, 1.54) is 11.3 Å². The molecule has 0 aromatic carbocycles. The molecule has 9 nitrogen and oxygen atoms in total. The van der Waals surface area contributed by atoms with Crippen molar-refractivity contribution in [2.24, 2.45) is 5.92 Å². The molecular weight excluding hydrogens is 358 g/mol. The third-order valence-electron chi connectivity index (χ3n) is 5.17. The molecular formula is C16H23N5O4S. The number of rotatable bonds is 5. The van der Waals surface area contributed by atoms with Crippen LogP contribution in [0, 0.1) is 5.92 Å². The molecule has 0 aliphatic carbocycles. The van der Waals surface area contributed by atoms with Crippen molar-refractivity contribution < 1.29 is 19.1 Å². The van der Waals surface area contributed by atoms with Crippen LogP contribution in [0.3, 0.4) is 0 Å². The average Bonchev–Trinajstić information content (AvgIpc) is 3.21. The Labute approximate surface area is 155 Å². The van der Waals surface area contributed by atoms with Crippen LogP contribution in [0.1, 0.15) is 11.4 Å². The zero-order valence-corrected chi connectivity index (χ0v) is 15.6. The summed E-state index contributed by atoms with van der Waals surface area (Å²) in [6.45, 7) is 5.66. The fourth-order valence-electron chi connectivity index (χ4n) is 3.66. The van der Waals surface area contributed by atoms with Crippen molar-refractivity contribution in [1.82, 2.24) is 20.0 Å². The molecule has 3 aliphatic heterocycles. The first-order valence-electron chi connectivity index (χ1n) is 8.88. The Morgan fingerprint density at radius 2 is 2.04 bits per heavy atom. The van der Waals surface area contributed by atoms with Gasteiger partial charge in [-0.1, -0.05) is 11.3 Å². The summed E-state index contributed by atoms with van der Waals surface area (Å²) in [5, 5.41) is 9.35. The number of carbonyl (C=O) groups is 2. The van der Waals surface area contributed by atoms with Gasteiger partial charge in [-0.05, 0) is 0 Å². The van der Waals surface area contributed by atoms with Crippen molar-refractivity contribution >= 4 is 28.3 Å². The maximum atomic E-state index is 12.7. The smallest absolute Gasteiger partial charge is 0.229 e. The van der Waals surface area contributed by atoms with Crippen LogP contribution in [-0.4, -0.2) is 90.9 Å². The lowest BCUT2D eigenvalue weighted by atomic mass is 10.0. The first kappa shape index (κ1) is 17.8. The molecule has 4 heterocycles. The van der Waals surface area contributed by atoms with Crippen molar-refractivity contribution in [3.8, 4) is 0 Å². The fourth-order valence-corrected chi connectivity index (χ4v) is 4.50. The predicted octanol–water partition coefficient (Wildman–Crippen LogP) is -0.420. The number of hydrogen-bond donors (Lipinski definition) is 0. The van der Waals surface area contributed by atoms with E-state index in [0.717, 1.165) is 44.4 Å². The molecule has 10 heteroatoms. The van der Waals surface area contributed by atoms with Gasteiger partial charge in [0.2, 0.25) is 16.9 Å². The summed E-state index contributed by atoms with van der Waals surface area (Å²) < 4.78 is 10.4. The predicted molar refractivity (Wildman–Crippen MR) is 93.8 cm³/mol. The van der Waals surface area contributed by atoms with Gasteiger partial charge in [0.15, 0.2) is 0 Å². The lowest BCUT2D eigenvalue weighted by molar-refractivity contribution is -0.144. The van der Waals surface area contributed by atoms with Crippen molar-refractivity contribution in [2.75, 3.05) is 57.9 Å². The van der Waals surface area contributed by atoms with Gasteiger partial charge in [-0.25, -0.2) is 0 Å². The van der Waals surface area contributed by atoms with Gasteiger partial charge in [-0.15, -0.1) is 10.2 Å². The largest absolute Gasteiger partial charge is 0.379 e. The molecule has 0 saturated carbocycles. The number of nitrogens with zero attached hydrogens (tertiary/aromatic N) is 5. The Balaban J connectivity index is 1.31. The van der Waals surface area contributed by atoms with E-state index in [1.807, 2.05) is 4.90 Å². The highest BCUT2D eigenvalue weighted by molar-refractivity contribution is 7.15. The van der Waals surface area contributed by atoms with Crippen molar-refractivity contribution in [3.63, 3.8) is 0 Å². The molecule has 3 fully saturated rings. The second-order valence-corrected chi connectivity index (χ2v) is 7.90. The van der Waals surface area contributed by atoms with E-state index in [-0.39, 0.29) is 24.2 Å². The molecule has 1 atom stereocenters. The summed E-state index contributed by atoms with van der Waals surface area (Å²) in [6, 6.07) is 0.427. The molecule has 0 radical (unpaired) electrons. The van der Waals surface area contributed by atoms with Gasteiger partial charge in [0.05, 0.1) is 19.1 Å². The van der Waals surface area contributed by atoms with E-state index in [4.69, 9.17) is 9.47 Å². The van der Waals surface area contributed by atoms with E-state index < -0.39 is 0 Å². The first-order valence-corrected chi connectivity index (χ1v) is 9.69. The van der Waals surface area contributed by atoms with Crippen LogP contribution in [0.4, 0.5) is 5.13 Å². The summed E-state index contributed by atoms with van der Waals surface area (Å²) >= 11 is 1.33. The van der Waals surface area contributed by atoms with Gasteiger partial charge in [0, 0.05) is 52.3 Å². The van der Waals surface area contributed by atoms with E-state index >= 15 is 0 Å². The van der Waals surface area contributed by atoms with Crippen LogP contribution < -0.4 is 4.90 Å². The van der Waals surface area contributed by atoms with E-state index in [2.05, 4.69) is 15.1 Å². The molecule has 4 rings (SSSR count). The van der Waals surface area contributed by atoms with E-state index in [0.29, 0.717) is 24.3 Å². The third kappa shape index (κ3) is 3.46. The summed E-state index contributed by atoms with van der Waals surface area (Å²) in [6.07, 6.45) is 0.247. The standard InChI is InChI=1S/C16H23N5O4S/c1-24-10-13-17-18-16(26-13)21-7-11(6-14(21)22)15(23)20-8-12(9-20)19-2-4-25-5-3-19/h11-12H,2-10H2,1H3. The average molecular weight is 381 g/mol. The van der Waals surface area contributed by atoms with Crippen LogP contribution in [0.25, 0.3) is 0 Å². The van der Waals surface area contributed by atoms with Gasteiger partial charge in [-0.3, -0.25) is 19.4 Å². The van der Waals surface area contributed by atoms with Crippen LogP contribution in [0.15, 0.2) is 0 Å². The number of hydrogen-bond acceptors (Lipinski definition) is 8. The van der Waals surface area contributed by atoms with Gasteiger partial charge in [0.25, 0.3) is 0 Å². The highest BCUT2D eigenvalue weighted by atomic mass is 32.1. The molecule has 26 heavy (non-hydrogen) atoms. The Morgan fingerprint density at radius 3 is 2.77 bits per heavy atom. The number of morpholine rings is 1. The van der Waals surface area contributed by atoms with Gasteiger partial charge >= 0.3 is 0 Å². The summed E-state index contributed by atoms with van der Waals surface area (Å²) in [5.41, 5.74) is 0. The number of likely N-dealkylation sites (tertiary alicyclic amines) is 1. The monoisotopic (exact) mass is 381 g/mol. The quantitative estimate of drug-likeness (QED) is 0.684. The second kappa shape index (κ2) is 7.55. The third-order valence-corrected chi connectivity index (χ3v) is 6.08. The molecule has 1 unspecified atom stereocenters. The van der Waals surface area contributed by atoms with Crippen molar-refractivity contribution in [2.45, 2.75) is 19.1 Å². The topological polar surface area (TPSA) is 88.1 Å². The summed E-state index contributed by atoms with van der Waals surface area (Å²) in [7, 11) is 1.59. The molecule has 0 bridgehead atoms. The van der Waals surface area contributed by atoms with Crippen molar-refractivity contribution in [3.05, 3.63) is 5.01 Å². The minimum Gasteiger partial charge on any atom is -0.379 e. The zero-order chi connectivity index (χ0) is 18.1. The van der Waals surface area contributed by atoms with E-state index in [1.54, 1.807) is 12.0 Å². The Morgan fingerprint density at radius 1 is 1.27 bits per heavy atom. The van der Waals surface area contributed by atoms with Crippen LogP contribution >= 0.6 is 11.3 Å². The Bertz CT molecular complexity index is 671. The Kier molecular flexibility index (Phi) is 5.16. The normalized spacial score (nSPS) is 25.0. The maximum absolute atomic E-state index is 12.7.